The van der Waals surface area contributed by atoms with Crippen LogP contribution in [0.5, 0.6) is 0 Å². The van der Waals surface area contributed by atoms with Gasteiger partial charge in [-0.3, -0.25) is 0 Å². The quantitative estimate of drug-likeness (QED) is 0.888. The maximum atomic E-state index is 6.17. The summed E-state index contributed by atoms with van der Waals surface area (Å²) in [4.78, 5) is 0. The fraction of sp³-hybridized carbons (Fsp3) is 0.571. The van der Waals surface area contributed by atoms with Gasteiger partial charge in [0.25, 0.3) is 0 Å². The second-order valence-electron chi connectivity index (χ2n) is 4.69. The fourth-order valence-corrected chi connectivity index (χ4v) is 3.81. The number of nitrogens with one attached hydrogen (secondary N) is 1. The van der Waals surface area contributed by atoms with Crippen LogP contribution in [0.3, 0.4) is 0 Å². The Morgan fingerprint density at radius 3 is 2.76 bits per heavy atom. The highest BCUT2D eigenvalue weighted by atomic mass is 35.5. The van der Waals surface area contributed by atoms with Gasteiger partial charge in [0.05, 0.1) is 0 Å². The van der Waals surface area contributed by atoms with Gasteiger partial charge in [-0.05, 0) is 43.5 Å². The number of hydrogen-bond acceptors (Lipinski definition) is 2. The molecule has 1 heterocycles. The van der Waals surface area contributed by atoms with Gasteiger partial charge in [0, 0.05) is 16.0 Å². The highest BCUT2D eigenvalue weighted by Gasteiger charge is 2.20. The van der Waals surface area contributed by atoms with E-state index in [0.717, 1.165) is 21.9 Å². The van der Waals surface area contributed by atoms with Crippen molar-refractivity contribution in [2.24, 2.45) is 5.92 Å². The lowest BCUT2D eigenvalue weighted by Gasteiger charge is -2.27. The number of rotatable bonds is 4. The third kappa shape index (κ3) is 3.90. The molecule has 1 unspecified atom stereocenters. The lowest BCUT2D eigenvalue weighted by Crippen LogP contribution is -2.31. The predicted molar refractivity (Wildman–Crippen MR) is 77.8 cm³/mol. The van der Waals surface area contributed by atoms with Crippen molar-refractivity contribution in [2.75, 3.05) is 13.1 Å². The van der Waals surface area contributed by atoms with Gasteiger partial charge in [-0.15, -0.1) is 0 Å². The van der Waals surface area contributed by atoms with Crippen LogP contribution in [0, 0.1) is 5.92 Å². The molecule has 1 atom stereocenters. The maximum Gasteiger partial charge on any atom is 0.0446 e. The van der Waals surface area contributed by atoms with Crippen molar-refractivity contribution in [3.05, 3.63) is 34.9 Å². The first-order valence-electron chi connectivity index (χ1n) is 6.33. The molecule has 1 nitrogen and oxygen atoms in total. The van der Waals surface area contributed by atoms with E-state index in [1.807, 2.05) is 23.9 Å². The first-order chi connectivity index (χ1) is 8.27. The molecule has 1 N–H and O–H groups in total. The Balaban J connectivity index is 1.83. The van der Waals surface area contributed by atoms with E-state index in [-0.39, 0.29) is 0 Å². The van der Waals surface area contributed by atoms with Crippen LogP contribution < -0.4 is 5.32 Å². The van der Waals surface area contributed by atoms with E-state index in [2.05, 4.69) is 24.4 Å². The van der Waals surface area contributed by atoms with Gasteiger partial charge in [0.1, 0.15) is 0 Å². The first-order valence-corrected chi connectivity index (χ1v) is 7.76. The Kier molecular flexibility index (Phi) is 5.20. The average molecular weight is 270 g/mol. The van der Waals surface area contributed by atoms with Crippen molar-refractivity contribution in [3.8, 4) is 0 Å². The first kappa shape index (κ1) is 13.3. The van der Waals surface area contributed by atoms with Crippen LogP contribution in [-0.2, 0) is 5.75 Å². The van der Waals surface area contributed by atoms with Crippen molar-refractivity contribution in [2.45, 2.75) is 30.8 Å². The Morgan fingerprint density at radius 2 is 2.06 bits per heavy atom. The SMILES string of the molecule is CC(SCc1ccccc1Cl)C1CCNCC1. The van der Waals surface area contributed by atoms with E-state index < -0.39 is 0 Å². The summed E-state index contributed by atoms with van der Waals surface area (Å²) in [6, 6.07) is 8.17. The average Bonchev–Trinajstić information content (AvgIpc) is 2.38. The minimum Gasteiger partial charge on any atom is -0.317 e. The van der Waals surface area contributed by atoms with Gasteiger partial charge < -0.3 is 5.32 Å². The number of hydrogen-bond donors (Lipinski definition) is 1. The van der Waals surface area contributed by atoms with Gasteiger partial charge in [-0.2, -0.15) is 11.8 Å². The van der Waals surface area contributed by atoms with E-state index in [4.69, 9.17) is 11.6 Å². The summed E-state index contributed by atoms with van der Waals surface area (Å²) in [5, 5.41) is 5.05. The molecular weight excluding hydrogens is 250 g/mol. The molecule has 0 aromatic heterocycles. The number of piperidine rings is 1. The zero-order chi connectivity index (χ0) is 12.1. The summed E-state index contributed by atoms with van der Waals surface area (Å²) in [6.45, 7) is 4.72. The molecule has 2 rings (SSSR count). The Hall–Kier alpha value is -0.180. The summed E-state index contributed by atoms with van der Waals surface area (Å²) < 4.78 is 0. The van der Waals surface area contributed by atoms with Crippen LogP contribution in [0.4, 0.5) is 0 Å². The Labute approximate surface area is 113 Å². The standard InChI is InChI=1S/C14H20ClNS/c1-11(12-6-8-16-9-7-12)17-10-13-4-2-3-5-14(13)15/h2-5,11-12,16H,6-10H2,1H3. The second-order valence-corrected chi connectivity index (χ2v) is 6.47. The molecule has 3 heteroatoms. The Morgan fingerprint density at radius 1 is 1.35 bits per heavy atom. The van der Waals surface area contributed by atoms with Crippen molar-refractivity contribution >= 4 is 23.4 Å². The van der Waals surface area contributed by atoms with Crippen molar-refractivity contribution in [1.29, 1.82) is 0 Å². The molecule has 0 aliphatic carbocycles. The number of halogens is 1. The summed E-state index contributed by atoms with van der Waals surface area (Å²) in [5.41, 5.74) is 1.26. The van der Waals surface area contributed by atoms with Gasteiger partial charge in [-0.25, -0.2) is 0 Å². The summed E-state index contributed by atoms with van der Waals surface area (Å²) in [5.74, 6) is 1.90. The molecule has 1 aromatic carbocycles. The Bertz CT molecular complexity index is 350. The summed E-state index contributed by atoms with van der Waals surface area (Å²) in [6.07, 6.45) is 2.63. The van der Waals surface area contributed by atoms with Crippen LogP contribution in [0.15, 0.2) is 24.3 Å². The maximum absolute atomic E-state index is 6.17. The van der Waals surface area contributed by atoms with Gasteiger partial charge in [-0.1, -0.05) is 36.7 Å². The zero-order valence-corrected chi connectivity index (χ0v) is 11.9. The van der Waals surface area contributed by atoms with Crippen molar-refractivity contribution in [3.63, 3.8) is 0 Å². The second kappa shape index (κ2) is 6.67. The molecule has 1 fully saturated rings. The smallest absolute Gasteiger partial charge is 0.0446 e. The molecule has 17 heavy (non-hydrogen) atoms. The van der Waals surface area contributed by atoms with Gasteiger partial charge in [0.15, 0.2) is 0 Å². The highest BCUT2D eigenvalue weighted by molar-refractivity contribution is 7.99. The van der Waals surface area contributed by atoms with E-state index >= 15 is 0 Å². The molecule has 0 bridgehead atoms. The predicted octanol–water partition coefficient (Wildman–Crippen LogP) is 3.96. The van der Waals surface area contributed by atoms with Crippen LogP contribution in [0.25, 0.3) is 0 Å². The summed E-state index contributed by atoms with van der Waals surface area (Å²) >= 11 is 8.21. The number of benzene rings is 1. The molecule has 1 aliphatic heterocycles. The zero-order valence-electron chi connectivity index (χ0n) is 10.3. The van der Waals surface area contributed by atoms with E-state index in [9.17, 15) is 0 Å². The van der Waals surface area contributed by atoms with Gasteiger partial charge in [0.2, 0.25) is 0 Å². The molecule has 94 valence electrons. The van der Waals surface area contributed by atoms with Crippen LogP contribution in [-0.4, -0.2) is 18.3 Å². The monoisotopic (exact) mass is 269 g/mol. The summed E-state index contributed by atoms with van der Waals surface area (Å²) in [7, 11) is 0. The lowest BCUT2D eigenvalue weighted by molar-refractivity contribution is 0.373. The molecule has 1 aliphatic rings. The highest BCUT2D eigenvalue weighted by Crippen LogP contribution is 2.30. The fourth-order valence-electron chi connectivity index (χ4n) is 2.29. The third-order valence-corrected chi connectivity index (χ3v) is 5.26. The molecule has 1 saturated heterocycles. The van der Waals surface area contributed by atoms with Crippen molar-refractivity contribution < 1.29 is 0 Å². The molecule has 0 spiro atoms. The topological polar surface area (TPSA) is 12.0 Å². The van der Waals surface area contributed by atoms with E-state index in [1.165, 1.54) is 31.5 Å². The molecule has 0 radical (unpaired) electrons. The molecule has 1 aromatic rings. The largest absolute Gasteiger partial charge is 0.317 e. The minimum atomic E-state index is 0.730. The lowest BCUT2D eigenvalue weighted by atomic mass is 9.95. The normalized spacial score (nSPS) is 19.2. The van der Waals surface area contributed by atoms with E-state index in [0.29, 0.717) is 0 Å². The van der Waals surface area contributed by atoms with Crippen LogP contribution in [0.1, 0.15) is 25.3 Å². The molecule has 0 amide bonds. The molecule has 0 saturated carbocycles. The minimum absolute atomic E-state index is 0.730. The number of thioether (sulfide) groups is 1. The van der Waals surface area contributed by atoms with Gasteiger partial charge >= 0.3 is 0 Å². The molecular formula is C14H20ClNS. The van der Waals surface area contributed by atoms with E-state index in [1.54, 1.807) is 0 Å². The van der Waals surface area contributed by atoms with Crippen LogP contribution >= 0.6 is 23.4 Å². The van der Waals surface area contributed by atoms with Crippen LogP contribution in [0.2, 0.25) is 5.02 Å². The van der Waals surface area contributed by atoms with Crippen molar-refractivity contribution in [1.82, 2.24) is 5.32 Å². The third-order valence-electron chi connectivity index (χ3n) is 3.51.